The Labute approximate surface area is 121 Å². The monoisotopic (exact) mass is 275 g/mol. The van der Waals surface area contributed by atoms with E-state index >= 15 is 0 Å². The van der Waals surface area contributed by atoms with Crippen LogP contribution in [0.5, 0.6) is 0 Å². The summed E-state index contributed by atoms with van der Waals surface area (Å²) in [5, 5.41) is 6.03. The summed E-state index contributed by atoms with van der Waals surface area (Å²) in [7, 11) is 0. The fourth-order valence-electron chi connectivity index (χ4n) is 3.06. The number of amides is 2. The molecule has 1 aliphatic rings. The maximum absolute atomic E-state index is 12.2. The Hall–Kier alpha value is -1.55. The number of carbonyl (C=O) groups is 1. The number of hydrogen-bond acceptors (Lipinski definition) is 2. The van der Waals surface area contributed by atoms with Crippen molar-refractivity contribution in [2.45, 2.75) is 45.1 Å². The van der Waals surface area contributed by atoms with Crippen LogP contribution in [0.25, 0.3) is 0 Å². The Bertz CT molecular complexity index is 475. The van der Waals surface area contributed by atoms with Gasteiger partial charge in [0.2, 0.25) is 0 Å². The Morgan fingerprint density at radius 2 is 2.25 bits per heavy atom. The number of hydrogen-bond donors (Lipinski definition) is 3. The first-order valence-corrected chi connectivity index (χ1v) is 7.42. The normalized spacial score (nSPS) is 26.1. The molecule has 20 heavy (non-hydrogen) atoms. The highest BCUT2D eigenvalue weighted by atomic mass is 16.2. The van der Waals surface area contributed by atoms with Gasteiger partial charge in [-0.25, -0.2) is 4.79 Å². The molecule has 0 aromatic heterocycles. The van der Waals surface area contributed by atoms with E-state index in [2.05, 4.69) is 17.6 Å². The number of nitrogens with one attached hydrogen (secondary N) is 2. The van der Waals surface area contributed by atoms with Gasteiger partial charge in [-0.2, -0.15) is 0 Å². The van der Waals surface area contributed by atoms with Gasteiger partial charge in [-0.3, -0.25) is 0 Å². The molecule has 1 aromatic carbocycles. The highest BCUT2D eigenvalue weighted by Crippen LogP contribution is 2.32. The first-order valence-electron chi connectivity index (χ1n) is 7.42. The molecule has 4 N–H and O–H groups in total. The molecule has 0 spiro atoms. The number of rotatable bonds is 3. The van der Waals surface area contributed by atoms with Crippen molar-refractivity contribution in [3.05, 3.63) is 29.8 Å². The van der Waals surface area contributed by atoms with Crippen molar-refractivity contribution >= 4 is 11.7 Å². The number of anilines is 1. The van der Waals surface area contributed by atoms with Gasteiger partial charge in [-0.1, -0.05) is 31.9 Å². The van der Waals surface area contributed by atoms with Crippen molar-refractivity contribution in [2.75, 3.05) is 11.9 Å². The standard InChI is InChI=1S/C16H25N3O/c1-12-6-5-8-14(10-12)18-15(20)19-16(11-17)9-4-3-7-13(16)2/h5-6,8,10,13H,3-4,7,9,11,17H2,1-2H3,(H2,18,19,20). The van der Waals surface area contributed by atoms with Crippen molar-refractivity contribution < 1.29 is 4.79 Å². The molecule has 2 rings (SSSR count). The molecular formula is C16H25N3O. The molecule has 0 heterocycles. The summed E-state index contributed by atoms with van der Waals surface area (Å²) in [6, 6.07) is 7.64. The van der Waals surface area contributed by atoms with Crippen LogP contribution in [0.1, 0.15) is 38.2 Å². The van der Waals surface area contributed by atoms with E-state index in [4.69, 9.17) is 5.73 Å². The van der Waals surface area contributed by atoms with Gasteiger partial charge in [0.1, 0.15) is 0 Å². The van der Waals surface area contributed by atoms with E-state index in [-0.39, 0.29) is 11.6 Å². The lowest BCUT2D eigenvalue weighted by Gasteiger charge is -2.42. The van der Waals surface area contributed by atoms with Crippen molar-refractivity contribution in [3.8, 4) is 0 Å². The van der Waals surface area contributed by atoms with E-state index in [1.807, 2.05) is 31.2 Å². The first-order chi connectivity index (χ1) is 9.55. The average Bonchev–Trinajstić information content (AvgIpc) is 2.41. The molecule has 0 saturated heterocycles. The molecule has 2 atom stereocenters. The predicted molar refractivity (Wildman–Crippen MR) is 82.8 cm³/mol. The molecule has 0 aliphatic heterocycles. The van der Waals surface area contributed by atoms with Gasteiger partial charge in [-0.15, -0.1) is 0 Å². The summed E-state index contributed by atoms with van der Waals surface area (Å²) < 4.78 is 0. The Balaban J connectivity index is 2.02. The van der Waals surface area contributed by atoms with Crippen molar-refractivity contribution in [1.82, 2.24) is 5.32 Å². The van der Waals surface area contributed by atoms with Crippen LogP contribution in [0.3, 0.4) is 0 Å². The van der Waals surface area contributed by atoms with Crippen molar-refractivity contribution in [3.63, 3.8) is 0 Å². The maximum Gasteiger partial charge on any atom is 0.319 e. The summed E-state index contributed by atoms with van der Waals surface area (Å²) in [6.07, 6.45) is 4.45. The van der Waals surface area contributed by atoms with Crippen molar-refractivity contribution in [2.24, 2.45) is 11.7 Å². The second kappa shape index (κ2) is 6.27. The highest BCUT2D eigenvalue weighted by Gasteiger charge is 2.38. The van der Waals surface area contributed by atoms with E-state index in [1.54, 1.807) is 0 Å². The zero-order valence-electron chi connectivity index (χ0n) is 12.4. The zero-order valence-corrected chi connectivity index (χ0v) is 12.4. The maximum atomic E-state index is 12.2. The van der Waals surface area contributed by atoms with Crippen LogP contribution in [-0.2, 0) is 0 Å². The average molecular weight is 275 g/mol. The number of aryl methyl sites for hydroxylation is 1. The molecule has 0 bridgehead atoms. The van der Waals surface area contributed by atoms with Gasteiger partial charge in [-0.05, 0) is 43.4 Å². The van der Waals surface area contributed by atoms with E-state index in [9.17, 15) is 4.79 Å². The lowest BCUT2D eigenvalue weighted by Crippen LogP contribution is -2.60. The molecule has 0 radical (unpaired) electrons. The molecule has 1 aliphatic carbocycles. The van der Waals surface area contributed by atoms with E-state index < -0.39 is 0 Å². The Kier molecular flexibility index (Phi) is 4.65. The van der Waals surface area contributed by atoms with Crippen LogP contribution in [0.2, 0.25) is 0 Å². The molecule has 4 nitrogen and oxygen atoms in total. The number of carbonyl (C=O) groups excluding carboxylic acids is 1. The second-order valence-electron chi connectivity index (χ2n) is 5.96. The fourth-order valence-corrected chi connectivity index (χ4v) is 3.06. The van der Waals surface area contributed by atoms with Gasteiger partial charge < -0.3 is 16.4 Å². The molecular weight excluding hydrogens is 250 g/mol. The third-order valence-corrected chi connectivity index (χ3v) is 4.46. The Morgan fingerprint density at radius 1 is 1.45 bits per heavy atom. The van der Waals surface area contributed by atoms with Gasteiger partial charge in [0.05, 0.1) is 5.54 Å². The third kappa shape index (κ3) is 3.31. The molecule has 1 saturated carbocycles. The van der Waals surface area contributed by atoms with Gasteiger partial charge in [0, 0.05) is 12.2 Å². The summed E-state index contributed by atoms with van der Waals surface area (Å²) in [5.41, 5.74) is 7.64. The molecule has 2 unspecified atom stereocenters. The third-order valence-electron chi connectivity index (χ3n) is 4.46. The molecule has 2 amide bonds. The minimum Gasteiger partial charge on any atom is -0.331 e. The molecule has 4 heteroatoms. The summed E-state index contributed by atoms with van der Waals surface area (Å²) in [4.78, 5) is 12.2. The highest BCUT2D eigenvalue weighted by molar-refractivity contribution is 5.89. The van der Waals surface area contributed by atoms with Crippen LogP contribution in [-0.4, -0.2) is 18.1 Å². The minimum absolute atomic E-state index is 0.158. The summed E-state index contributed by atoms with van der Waals surface area (Å²) >= 11 is 0. The van der Waals surface area contributed by atoms with E-state index in [1.165, 1.54) is 6.42 Å². The summed E-state index contributed by atoms with van der Waals surface area (Å²) in [6.45, 7) is 4.68. The zero-order chi connectivity index (χ0) is 14.6. The molecule has 1 fully saturated rings. The van der Waals surface area contributed by atoms with Crippen molar-refractivity contribution in [1.29, 1.82) is 0 Å². The molecule has 110 valence electrons. The minimum atomic E-state index is -0.258. The quantitative estimate of drug-likeness (QED) is 0.793. The predicted octanol–water partition coefficient (Wildman–Crippen LogP) is 3.02. The summed E-state index contributed by atoms with van der Waals surface area (Å²) in [5.74, 6) is 0.421. The first kappa shape index (κ1) is 14.9. The van der Waals surface area contributed by atoms with Crippen LogP contribution < -0.4 is 16.4 Å². The smallest absolute Gasteiger partial charge is 0.319 e. The van der Waals surface area contributed by atoms with Crippen LogP contribution >= 0.6 is 0 Å². The van der Waals surface area contributed by atoms with Gasteiger partial charge in [0.25, 0.3) is 0 Å². The number of nitrogens with two attached hydrogens (primary N) is 1. The number of benzene rings is 1. The second-order valence-corrected chi connectivity index (χ2v) is 5.96. The molecule has 1 aromatic rings. The fraction of sp³-hybridized carbons (Fsp3) is 0.562. The van der Waals surface area contributed by atoms with Crippen LogP contribution in [0.15, 0.2) is 24.3 Å². The largest absolute Gasteiger partial charge is 0.331 e. The van der Waals surface area contributed by atoms with Gasteiger partial charge in [0.15, 0.2) is 0 Å². The topological polar surface area (TPSA) is 67.2 Å². The van der Waals surface area contributed by atoms with Crippen LogP contribution in [0.4, 0.5) is 10.5 Å². The SMILES string of the molecule is Cc1cccc(NC(=O)NC2(CN)CCCCC2C)c1. The van der Waals surface area contributed by atoms with E-state index in [0.717, 1.165) is 30.5 Å². The Morgan fingerprint density at radius 3 is 2.90 bits per heavy atom. The lowest BCUT2D eigenvalue weighted by molar-refractivity contribution is 0.166. The van der Waals surface area contributed by atoms with Gasteiger partial charge >= 0.3 is 6.03 Å². The van der Waals surface area contributed by atoms with E-state index in [0.29, 0.717) is 12.5 Å². The lowest BCUT2D eigenvalue weighted by atomic mass is 9.73. The van der Waals surface area contributed by atoms with Crippen LogP contribution in [0, 0.1) is 12.8 Å². The number of urea groups is 1.